The number of hydrogen-bond donors (Lipinski definition) is 4. The Bertz CT molecular complexity index is 532. The van der Waals surface area contributed by atoms with Crippen molar-refractivity contribution in [1.82, 2.24) is 10.6 Å². The van der Waals surface area contributed by atoms with Crippen LogP contribution in [-0.2, 0) is 5.60 Å². The van der Waals surface area contributed by atoms with Gasteiger partial charge in [-0.3, -0.25) is 15.1 Å². The lowest BCUT2D eigenvalue weighted by Crippen LogP contribution is -2.38. The van der Waals surface area contributed by atoms with E-state index < -0.39 is 5.60 Å². The van der Waals surface area contributed by atoms with Crippen molar-refractivity contribution in [2.45, 2.75) is 19.4 Å². The van der Waals surface area contributed by atoms with Crippen LogP contribution in [0.5, 0.6) is 0 Å². The van der Waals surface area contributed by atoms with Crippen LogP contribution in [0, 0.1) is 0 Å². The van der Waals surface area contributed by atoms with E-state index in [1.54, 1.807) is 32.0 Å². The number of nitrogen functional groups attached to an aromatic ring is 1. The van der Waals surface area contributed by atoms with Crippen molar-refractivity contribution in [2.24, 2.45) is 4.99 Å². The Hall–Kier alpha value is -2.08. The van der Waals surface area contributed by atoms with E-state index >= 15 is 0 Å². The molecule has 0 saturated heterocycles. The van der Waals surface area contributed by atoms with Crippen molar-refractivity contribution in [2.75, 3.05) is 18.8 Å². The first-order valence-corrected chi connectivity index (χ1v) is 6.10. The van der Waals surface area contributed by atoms with Gasteiger partial charge in [-0.1, -0.05) is 12.1 Å². The normalized spacial score (nSPS) is 14.8. The minimum atomic E-state index is -1.09. The number of carbonyl (C=O) groups excluding carboxylic acids is 1. The summed E-state index contributed by atoms with van der Waals surface area (Å²) in [6, 6.07) is 5.02. The number of benzene rings is 1. The summed E-state index contributed by atoms with van der Waals surface area (Å²) >= 11 is 0. The number of aliphatic imine (C=N–C) groups is 1. The van der Waals surface area contributed by atoms with Crippen LogP contribution in [0.25, 0.3) is 0 Å². The molecule has 0 fully saturated rings. The summed E-state index contributed by atoms with van der Waals surface area (Å²) < 4.78 is 0. The Morgan fingerprint density at radius 3 is 2.84 bits per heavy atom. The van der Waals surface area contributed by atoms with Crippen LogP contribution in [0.1, 0.15) is 29.8 Å². The van der Waals surface area contributed by atoms with Crippen molar-refractivity contribution in [3.8, 4) is 0 Å². The second-order valence-corrected chi connectivity index (χ2v) is 4.94. The highest BCUT2D eigenvalue weighted by Crippen LogP contribution is 2.28. The van der Waals surface area contributed by atoms with Gasteiger partial charge in [-0.2, -0.15) is 0 Å². The van der Waals surface area contributed by atoms with E-state index in [2.05, 4.69) is 15.6 Å². The average Bonchev–Trinajstić information content (AvgIpc) is 2.80. The number of nitrogens with two attached hydrogens (primary N) is 1. The minimum Gasteiger partial charge on any atom is -0.398 e. The second kappa shape index (κ2) is 4.89. The minimum absolute atomic E-state index is 0.283. The molecule has 0 bridgehead atoms. The van der Waals surface area contributed by atoms with Crippen molar-refractivity contribution in [1.29, 1.82) is 0 Å². The van der Waals surface area contributed by atoms with Crippen LogP contribution in [0.2, 0.25) is 0 Å². The third kappa shape index (κ3) is 2.85. The molecule has 2 rings (SSSR count). The third-order valence-corrected chi connectivity index (χ3v) is 2.92. The lowest BCUT2D eigenvalue weighted by atomic mass is 9.94. The lowest BCUT2D eigenvalue weighted by Gasteiger charge is -2.21. The fourth-order valence-corrected chi connectivity index (χ4v) is 1.95. The van der Waals surface area contributed by atoms with Crippen molar-refractivity contribution in [3.05, 3.63) is 29.3 Å². The molecular weight excluding hydrogens is 244 g/mol. The van der Waals surface area contributed by atoms with Gasteiger partial charge in [-0.15, -0.1) is 0 Å². The van der Waals surface area contributed by atoms with Crippen LogP contribution in [-0.4, -0.2) is 30.1 Å². The molecule has 1 aliphatic rings. The smallest absolute Gasteiger partial charge is 0.260 e. The van der Waals surface area contributed by atoms with Gasteiger partial charge in [0.15, 0.2) is 5.96 Å². The molecule has 0 radical (unpaired) electrons. The molecule has 6 heteroatoms. The van der Waals surface area contributed by atoms with Gasteiger partial charge in [0.1, 0.15) is 0 Å². The van der Waals surface area contributed by atoms with Crippen LogP contribution < -0.4 is 16.4 Å². The molecule has 0 saturated carbocycles. The molecule has 0 atom stereocenters. The molecule has 1 aliphatic heterocycles. The zero-order valence-electron chi connectivity index (χ0n) is 11.0. The summed E-state index contributed by atoms with van der Waals surface area (Å²) in [7, 11) is 0. The lowest BCUT2D eigenvalue weighted by molar-refractivity contribution is 0.0793. The standard InChI is InChI=1S/C13H18N4O2/c1-13(2,19)9-5-3-4-8(10(9)14)11(18)17-12-15-6-7-16-12/h3-5,19H,6-7,14H2,1-2H3,(H2,15,16,17,18). The van der Waals surface area contributed by atoms with Crippen LogP contribution >= 0.6 is 0 Å². The van der Waals surface area contributed by atoms with Crippen molar-refractivity contribution >= 4 is 17.6 Å². The molecule has 0 aromatic heterocycles. The van der Waals surface area contributed by atoms with Gasteiger partial charge in [0.2, 0.25) is 0 Å². The van der Waals surface area contributed by atoms with Crippen LogP contribution in [0.15, 0.2) is 23.2 Å². The summed E-state index contributed by atoms with van der Waals surface area (Å²) in [6.45, 7) is 4.62. The molecule has 102 valence electrons. The van der Waals surface area contributed by atoms with E-state index in [4.69, 9.17) is 5.73 Å². The maximum atomic E-state index is 12.1. The maximum Gasteiger partial charge on any atom is 0.260 e. The first kappa shape index (κ1) is 13.4. The Morgan fingerprint density at radius 1 is 1.53 bits per heavy atom. The van der Waals surface area contributed by atoms with E-state index in [9.17, 15) is 9.90 Å². The number of hydrogen-bond acceptors (Lipinski definition) is 5. The number of aliphatic hydroxyl groups is 1. The number of guanidine groups is 1. The quantitative estimate of drug-likeness (QED) is 0.571. The SMILES string of the molecule is CC(C)(O)c1cccc(C(=O)NC2=NCCN2)c1N. The number of nitrogens with one attached hydrogen (secondary N) is 2. The summed E-state index contributed by atoms with van der Waals surface area (Å²) in [6.07, 6.45) is 0. The highest BCUT2D eigenvalue weighted by molar-refractivity contribution is 6.09. The number of anilines is 1. The third-order valence-electron chi connectivity index (χ3n) is 2.92. The largest absolute Gasteiger partial charge is 0.398 e. The predicted octanol–water partition coefficient (Wildman–Crippen LogP) is 0.185. The van der Waals surface area contributed by atoms with Gasteiger partial charge in [0, 0.05) is 12.1 Å². The topological polar surface area (TPSA) is 99.7 Å². The average molecular weight is 262 g/mol. The van der Waals surface area contributed by atoms with Gasteiger partial charge in [0.05, 0.1) is 23.4 Å². The molecule has 0 aliphatic carbocycles. The number of nitrogens with zero attached hydrogens (tertiary/aromatic N) is 1. The summed E-state index contributed by atoms with van der Waals surface area (Å²) in [5, 5.41) is 15.6. The molecule has 0 spiro atoms. The van der Waals surface area contributed by atoms with Crippen molar-refractivity contribution < 1.29 is 9.90 Å². The van der Waals surface area contributed by atoms with Gasteiger partial charge in [-0.25, -0.2) is 0 Å². The first-order valence-electron chi connectivity index (χ1n) is 6.10. The number of carbonyl (C=O) groups is 1. The Morgan fingerprint density at radius 2 is 2.26 bits per heavy atom. The van der Waals surface area contributed by atoms with Crippen molar-refractivity contribution in [3.63, 3.8) is 0 Å². The Labute approximate surface area is 111 Å². The molecule has 1 amide bonds. The maximum absolute atomic E-state index is 12.1. The van der Waals surface area contributed by atoms with Gasteiger partial charge >= 0.3 is 0 Å². The summed E-state index contributed by atoms with van der Waals surface area (Å²) in [5.41, 5.74) is 6.01. The molecule has 0 unspecified atom stereocenters. The molecule has 6 nitrogen and oxygen atoms in total. The summed E-state index contributed by atoms with van der Waals surface area (Å²) in [5.74, 6) is 0.120. The molecule has 19 heavy (non-hydrogen) atoms. The highest BCUT2D eigenvalue weighted by atomic mass is 16.3. The van der Waals surface area contributed by atoms with Gasteiger partial charge < -0.3 is 16.2 Å². The Balaban J connectivity index is 2.27. The van der Waals surface area contributed by atoms with Crippen LogP contribution in [0.4, 0.5) is 5.69 Å². The fraction of sp³-hybridized carbons (Fsp3) is 0.385. The van der Waals surface area contributed by atoms with E-state index in [0.717, 1.165) is 6.54 Å². The highest BCUT2D eigenvalue weighted by Gasteiger charge is 2.23. The summed E-state index contributed by atoms with van der Waals surface area (Å²) in [4.78, 5) is 16.2. The zero-order chi connectivity index (χ0) is 14.0. The van der Waals surface area contributed by atoms with Gasteiger partial charge in [0.25, 0.3) is 5.91 Å². The number of para-hydroxylation sites is 1. The zero-order valence-corrected chi connectivity index (χ0v) is 11.0. The second-order valence-electron chi connectivity index (χ2n) is 4.94. The van der Waals surface area contributed by atoms with E-state index in [1.807, 2.05) is 0 Å². The van der Waals surface area contributed by atoms with E-state index in [-0.39, 0.29) is 11.6 Å². The molecular formula is C13H18N4O2. The molecule has 1 heterocycles. The van der Waals surface area contributed by atoms with Gasteiger partial charge in [-0.05, 0) is 19.9 Å². The predicted molar refractivity (Wildman–Crippen MR) is 73.9 cm³/mol. The fourth-order valence-electron chi connectivity index (χ4n) is 1.95. The van der Waals surface area contributed by atoms with E-state index in [0.29, 0.717) is 23.6 Å². The molecule has 5 N–H and O–H groups in total. The molecule has 1 aromatic carbocycles. The number of rotatable bonds is 2. The number of amides is 1. The van der Waals surface area contributed by atoms with E-state index in [1.165, 1.54) is 0 Å². The van der Waals surface area contributed by atoms with Crippen LogP contribution in [0.3, 0.4) is 0 Å². The molecule has 1 aromatic rings. The first-order chi connectivity index (χ1) is 8.89. The monoisotopic (exact) mass is 262 g/mol. The Kier molecular flexibility index (Phi) is 3.44.